The largest absolute Gasteiger partial charge is 0.331 e. The van der Waals surface area contributed by atoms with Crippen molar-refractivity contribution in [3.8, 4) is 34.0 Å². The van der Waals surface area contributed by atoms with E-state index in [2.05, 4.69) is 35.9 Å². The van der Waals surface area contributed by atoms with Gasteiger partial charge in [-0.15, -0.1) is 5.10 Å². The molecule has 0 radical (unpaired) electrons. The number of imidazole rings is 1. The number of fused-ring (bicyclic) bond motifs is 1. The Hall–Kier alpha value is -3.45. The quantitative estimate of drug-likeness (QED) is 0.343. The Morgan fingerprint density at radius 3 is 2.34 bits per heavy atom. The molecule has 8 heteroatoms. The Kier molecular flexibility index (Phi) is 6.10. The number of nitrogens with zero attached hydrogens (tertiary/aromatic N) is 7. The first-order valence-corrected chi connectivity index (χ1v) is 11.1. The highest BCUT2D eigenvalue weighted by Gasteiger charge is 2.22. The minimum Gasteiger partial charge on any atom is -0.331 e. The lowest BCUT2D eigenvalue weighted by Crippen LogP contribution is -2.02. The summed E-state index contributed by atoms with van der Waals surface area (Å²) in [6.45, 7) is 8.21. The maximum Gasteiger partial charge on any atom is 0.217 e. The van der Waals surface area contributed by atoms with Crippen LogP contribution in [0.2, 0.25) is 5.15 Å². The van der Waals surface area contributed by atoms with Crippen LogP contribution in [0.5, 0.6) is 0 Å². The molecule has 0 bridgehead atoms. The van der Waals surface area contributed by atoms with Crippen molar-refractivity contribution in [3.05, 3.63) is 66.3 Å². The molecular formula is C24H26ClN7. The van der Waals surface area contributed by atoms with Crippen LogP contribution in [0.15, 0.2) is 61.2 Å². The molecule has 32 heavy (non-hydrogen) atoms. The highest BCUT2D eigenvalue weighted by atomic mass is 35.5. The van der Waals surface area contributed by atoms with E-state index in [0.29, 0.717) is 16.8 Å². The Morgan fingerprint density at radius 1 is 0.969 bits per heavy atom. The van der Waals surface area contributed by atoms with Crippen molar-refractivity contribution in [1.29, 1.82) is 0 Å². The van der Waals surface area contributed by atoms with Crippen LogP contribution >= 0.6 is 11.6 Å². The monoisotopic (exact) mass is 447 g/mol. The Labute approximate surface area is 192 Å². The first kappa shape index (κ1) is 21.8. The second-order valence-corrected chi connectivity index (χ2v) is 7.80. The van der Waals surface area contributed by atoms with E-state index >= 15 is 0 Å². The van der Waals surface area contributed by atoms with Crippen molar-refractivity contribution < 1.29 is 0 Å². The second kappa shape index (κ2) is 8.96. The molecule has 0 saturated heterocycles. The van der Waals surface area contributed by atoms with Crippen LogP contribution in [-0.2, 0) is 7.05 Å². The SMILES string of the molecule is CC.CC(C)n1ccc(-c2cn3nc(-c4nccn4C)nc(Cl)c3c2-c2ccccc2)n1. The summed E-state index contributed by atoms with van der Waals surface area (Å²) in [7, 11) is 1.90. The number of benzene rings is 1. The van der Waals surface area contributed by atoms with Gasteiger partial charge in [0, 0.05) is 49.0 Å². The molecule has 0 saturated carbocycles. The van der Waals surface area contributed by atoms with Crippen molar-refractivity contribution in [2.45, 2.75) is 33.7 Å². The molecule has 0 unspecified atom stereocenters. The highest BCUT2D eigenvalue weighted by molar-refractivity contribution is 6.33. The molecule has 1 aromatic carbocycles. The minimum atomic E-state index is 0.273. The number of hydrogen-bond acceptors (Lipinski definition) is 4. The van der Waals surface area contributed by atoms with Crippen molar-refractivity contribution in [1.82, 2.24) is 33.9 Å². The smallest absolute Gasteiger partial charge is 0.217 e. The van der Waals surface area contributed by atoms with E-state index in [9.17, 15) is 0 Å². The zero-order valence-electron chi connectivity index (χ0n) is 18.9. The van der Waals surface area contributed by atoms with Crippen LogP contribution in [0, 0.1) is 0 Å². The minimum absolute atomic E-state index is 0.273. The molecule has 0 fully saturated rings. The summed E-state index contributed by atoms with van der Waals surface area (Å²) < 4.78 is 5.59. The van der Waals surface area contributed by atoms with Crippen molar-refractivity contribution in [2.24, 2.45) is 7.05 Å². The van der Waals surface area contributed by atoms with E-state index in [-0.39, 0.29) is 6.04 Å². The van der Waals surface area contributed by atoms with Gasteiger partial charge in [-0.3, -0.25) is 4.68 Å². The van der Waals surface area contributed by atoms with Gasteiger partial charge in [-0.1, -0.05) is 55.8 Å². The highest BCUT2D eigenvalue weighted by Crippen LogP contribution is 2.39. The predicted octanol–water partition coefficient (Wildman–Crippen LogP) is 5.92. The van der Waals surface area contributed by atoms with Crippen LogP contribution < -0.4 is 0 Å². The Balaban J connectivity index is 0.00000119. The maximum atomic E-state index is 6.71. The summed E-state index contributed by atoms with van der Waals surface area (Å²) in [5.41, 5.74) is 4.55. The lowest BCUT2D eigenvalue weighted by molar-refractivity contribution is 0.534. The summed E-state index contributed by atoms with van der Waals surface area (Å²) in [4.78, 5) is 8.91. The van der Waals surface area contributed by atoms with Gasteiger partial charge in [-0.2, -0.15) is 5.10 Å². The molecule has 7 nitrogen and oxygen atoms in total. The molecule has 0 N–H and O–H groups in total. The van der Waals surface area contributed by atoms with E-state index in [1.54, 1.807) is 10.7 Å². The third-order valence-corrected chi connectivity index (χ3v) is 5.35. The Bertz CT molecular complexity index is 1350. The van der Waals surface area contributed by atoms with Crippen LogP contribution in [0.25, 0.3) is 39.5 Å². The van der Waals surface area contributed by atoms with E-state index < -0.39 is 0 Å². The van der Waals surface area contributed by atoms with Gasteiger partial charge in [0.05, 0.1) is 5.69 Å². The number of rotatable bonds is 4. The van der Waals surface area contributed by atoms with E-state index in [4.69, 9.17) is 21.8 Å². The molecule has 0 aliphatic heterocycles. The van der Waals surface area contributed by atoms with E-state index in [0.717, 1.165) is 27.9 Å². The van der Waals surface area contributed by atoms with Crippen LogP contribution in [0.1, 0.15) is 33.7 Å². The van der Waals surface area contributed by atoms with Gasteiger partial charge in [0.1, 0.15) is 5.52 Å². The summed E-state index contributed by atoms with van der Waals surface area (Å²) in [6, 6.07) is 12.4. The normalized spacial score (nSPS) is 11.1. The van der Waals surface area contributed by atoms with Crippen molar-refractivity contribution in [2.75, 3.05) is 0 Å². The third kappa shape index (κ3) is 3.80. The zero-order valence-corrected chi connectivity index (χ0v) is 19.6. The van der Waals surface area contributed by atoms with Gasteiger partial charge in [-0.05, 0) is 25.5 Å². The topological polar surface area (TPSA) is 65.8 Å². The number of aryl methyl sites for hydroxylation is 1. The summed E-state index contributed by atoms with van der Waals surface area (Å²) >= 11 is 6.71. The summed E-state index contributed by atoms with van der Waals surface area (Å²) in [6.07, 6.45) is 7.52. The molecule has 5 aromatic rings. The molecular weight excluding hydrogens is 422 g/mol. The lowest BCUT2D eigenvalue weighted by Gasteiger charge is -2.07. The van der Waals surface area contributed by atoms with Gasteiger partial charge in [0.15, 0.2) is 11.0 Å². The molecule has 4 aromatic heterocycles. The summed E-state index contributed by atoms with van der Waals surface area (Å²) in [5, 5.41) is 9.86. The third-order valence-electron chi connectivity index (χ3n) is 5.09. The average Bonchev–Trinajstić information content (AvgIpc) is 3.53. The molecule has 164 valence electrons. The Morgan fingerprint density at radius 2 is 1.72 bits per heavy atom. The van der Waals surface area contributed by atoms with Gasteiger partial charge < -0.3 is 4.57 Å². The fourth-order valence-corrected chi connectivity index (χ4v) is 3.84. The molecule has 0 spiro atoms. The summed E-state index contributed by atoms with van der Waals surface area (Å²) in [5.74, 6) is 1.12. The van der Waals surface area contributed by atoms with Gasteiger partial charge in [-0.25, -0.2) is 14.5 Å². The molecule has 0 atom stereocenters. The number of aromatic nitrogens is 7. The standard InChI is InChI=1S/C22H20ClN7.C2H6/c1-14(2)29-11-9-17(26-29)16-13-30-19(18(16)15-7-5-4-6-8-15)20(23)25-21(27-30)22-24-10-12-28(22)3;1-2/h4-14H,1-3H3;1-2H3. The van der Waals surface area contributed by atoms with Gasteiger partial charge >= 0.3 is 0 Å². The fraction of sp³-hybridized carbons (Fsp3) is 0.250. The van der Waals surface area contributed by atoms with Crippen LogP contribution in [0.3, 0.4) is 0 Å². The number of hydrogen-bond donors (Lipinski definition) is 0. The fourth-order valence-electron chi connectivity index (χ4n) is 3.58. The van der Waals surface area contributed by atoms with Gasteiger partial charge in [0.2, 0.25) is 5.82 Å². The molecule has 5 rings (SSSR count). The van der Waals surface area contributed by atoms with Crippen LogP contribution in [-0.4, -0.2) is 33.9 Å². The lowest BCUT2D eigenvalue weighted by atomic mass is 10.0. The van der Waals surface area contributed by atoms with Gasteiger partial charge in [0.25, 0.3) is 0 Å². The second-order valence-electron chi connectivity index (χ2n) is 7.44. The van der Waals surface area contributed by atoms with E-state index in [1.165, 1.54) is 0 Å². The number of halogens is 1. The molecule has 0 aliphatic carbocycles. The maximum absolute atomic E-state index is 6.71. The van der Waals surface area contributed by atoms with Crippen molar-refractivity contribution >= 4 is 17.1 Å². The van der Waals surface area contributed by atoms with E-state index in [1.807, 2.05) is 73.0 Å². The predicted molar refractivity (Wildman–Crippen MR) is 129 cm³/mol. The molecule has 4 heterocycles. The van der Waals surface area contributed by atoms with Crippen LogP contribution in [0.4, 0.5) is 0 Å². The van der Waals surface area contributed by atoms with Crippen molar-refractivity contribution in [3.63, 3.8) is 0 Å². The molecule has 0 amide bonds. The first-order chi connectivity index (χ1) is 15.5. The average molecular weight is 448 g/mol. The first-order valence-electron chi connectivity index (χ1n) is 10.7. The zero-order chi connectivity index (χ0) is 22.8. The molecule has 0 aliphatic rings.